The molecule has 0 radical (unpaired) electrons. The van der Waals surface area contributed by atoms with E-state index in [-0.39, 0.29) is 17.2 Å². The summed E-state index contributed by atoms with van der Waals surface area (Å²) in [7, 11) is 0. The number of aliphatic imine (C=N–C) groups is 1. The van der Waals surface area contributed by atoms with Crippen molar-refractivity contribution in [3.05, 3.63) is 82.8 Å². The summed E-state index contributed by atoms with van der Waals surface area (Å²) in [5.41, 5.74) is 2.80. The lowest BCUT2D eigenvalue weighted by atomic mass is 10.1. The Morgan fingerprint density at radius 3 is 2.74 bits per heavy atom. The van der Waals surface area contributed by atoms with Crippen molar-refractivity contribution in [2.75, 3.05) is 0 Å². The second-order valence-corrected chi connectivity index (χ2v) is 7.97. The summed E-state index contributed by atoms with van der Waals surface area (Å²) in [6.07, 6.45) is 3.14. The number of rotatable bonds is 3. The van der Waals surface area contributed by atoms with Gasteiger partial charge in [0.1, 0.15) is 5.82 Å². The first kappa shape index (κ1) is 19.3. The average Bonchev–Trinajstić information content (AvgIpc) is 3.46. The van der Waals surface area contributed by atoms with E-state index in [0.29, 0.717) is 27.2 Å². The zero-order valence-electron chi connectivity index (χ0n) is 16.6. The van der Waals surface area contributed by atoms with Gasteiger partial charge in [0.05, 0.1) is 17.5 Å². The summed E-state index contributed by atoms with van der Waals surface area (Å²) < 4.78 is 21.5. The molecule has 2 aromatic heterocycles. The van der Waals surface area contributed by atoms with Gasteiger partial charge >= 0.3 is 0 Å². The molecule has 0 atom stereocenters. The van der Waals surface area contributed by atoms with Crippen molar-refractivity contribution in [3.63, 3.8) is 0 Å². The molecule has 0 spiro atoms. The number of carbonyl (C=O) groups excluding carboxylic acids is 1. The fourth-order valence-corrected chi connectivity index (χ4v) is 4.44. The number of para-hydroxylation sites is 1. The summed E-state index contributed by atoms with van der Waals surface area (Å²) in [5.74, 6) is -0.385. The Kier molecular flexibility index (Phi) is 4.48. The maximum atomic E-state index is 14.4. The van der Waals surface area contributed by atoms with Crippen LogP contribution in [-0.4, -0.2) is 31.5 Å². The van der Waals surface area contributed by atoms with Crippen LogP contribution < -0.4 is 0 Å². The molecule has 154 valence electrons. The number of hydrazone groups is 1. The molecule has 3 aromatic rings. The van der Waals surface area contributed by atoms with Crippen LogP contribution in [0.4, 0.5) is 4.39 Å². The van der Waals surface area contributed by atoms with E-state index in [4.69, 9.17) is 9.83 Å². The van der Waals surface area contributed by atoms with E-state index in [1.54, 1.807) is 41.0 Å². The zero-order chi connectivity index (χ0) is 21.7. The number of aromatic nitrogens is 1. The maximum Gasteiger partial charge on any atom is 0.283 e. The number of hydrogen-bond donors (Lipinski definition) is 1. The van der Waals surface area contributed by atoms with Crippen molar-refractivity contribution in [1.29, 1.82) is 5.41 Å². The molecule has 31 heavy (non-hydrogen) atoms. The third-order valence-corrected chi connectivity index (χ3v) is 5.97. The Balaban J connectivity index is 1.54. The molecule has 0 unspecified atom stereocenters. The average molecular weight is 433 g/mol. The molecule has 0 fully saturated rings. The molecule has 1 amide bonds. The molecule has 1 aromatic carbocycles. The molecule has 1 N–H and O–H groups in total. The van der Waals surface area contributed by atoms with Gasteiger partial charge in [0.2, 0.25) is 5.17 Å². The van der Waals surface area contributed by atoms with Crippen molar-refractivity contribution >= 4 is 39.8 Å². The lowest BCUT2D eigenvalue weighted by Gasteiger charge is -2.20. The third-order valence-electron chi connectivity index (χ3n) is 5.05. The number of nitrogens with one attached hydrogen (secondary N) is 1. The molecule has 0 saturated heterocycles. The smallest absolute Gasteiger partial charge is 0.283 e. The summed E-state index contributed by atoms with van der Waals surface area (Å²) in [6, 6.07) is 11.9. The summed E-state index contributed by atoms with van der Waals surface area (Å²) in [4.78, 5) is 16.8. The number of amides is 1. The SMILES string of the molecule is Cc1cc(/C=C2/C(=N)N3N=C(c4ccco4)SC3=NC2=O)c(C)n1-c1ccccc1F. The summed E-state index contributed by atoms with van der Waals surface area (Å²) in [6.45, 7) is 3.71. The predicted molar refractivity (Wildman–Crippen MR) is 118 cm³/mol. The number of halogens is 1. The van der Waals surface area contributed by atoms with Crippen LogP contribution in [0.5, 0.6) is 0 Å². The van der Waals surface area contributed by atoms with Crippen LogP contribution in [0.1, 0.15) is 22.7 Å². The van der Waals surface area contributed by atoms with E-state index in [1.165, 1.54) is 29.1 Å². The minimum atomic E-state index is -0.518. The summed E-state index contributed by atoms with van der Waals surface area (Å²) in [5, 5.41) is 15.1. The third kappa shape index (κ3) is 3.14. The fraction of sp³-hybridized carbons (Fsp3) is 0.0909. The van der Waals surface area contributed by atoms with Gasteiger partial charge in [0.15, 0.2) is 16.6 Å². The lowest BCUT2D eigenvalue weighted by molar-refractivity contribution is -0.114. The van der Waals surface area contributed by atoms with Gasteiger partial charge in [-0.15, -0.1) is 0 Å². The van der Waals surface area contributed by atoms with Crippen molar-refractivity contribution in [1.82, 2.24) is 9.58 Å². The van der Waals surface area contributed by atoms with Crippen LogP contribution in [-0.2, 0) is 4.79 Å². The van der Waals surface area contributed by atoms with Gasteiger partial charge in [-0.3, -0.25) is 10.2 Å². The van der Waals surface area contributed by atoms with Crippen molar-refractivity contribution in [2.45, 2.75) is 13.8 Å². The first-order valence-corrected chi connectivity index (χ1v) is 10.2. The van der Waals surface area contributed by atoms with Crippen LogP contribution in [0.25, 0.3) is 11.8 Å². The number of nitrogens with zero attached hydrogens (tertiary/aromatic N) is 4. The van der Waals surface area contributed by atoms with Gasteiger partial charge in [-0.2, -0.15) is 15.1 Å². The predicted octanol–water partition coefficient (Wildman–Crippen LogP) is 4.49. The van der Waals surface area contributed by atoms with E-state index in [9.17, 15) is 9.18 Å². The fourth-order valence-electron chi connectivity index (χ4n) is 3.58. The Morgan fingerprint density at radius 2 is 2.00 bits per heavy atom. The number of hydrogen-bond acceptors (Lipinski definition) is 5. The van der Waals surface area contributed by atoms with E-state index in [1.807, 2.05) is 19.9 Å². The molecule has 4 heterocycles. The summed E-state index contributed by atoms with van der Waals surface area (Å²) >= 11 is 1.17. The van der Waals surface area contributed by atoms with Gasteiger partial charge in [0, 0.05) is 11.4 Å². The molecule has 2 aliphatic rings. The first-order valence-electron chi connectivity index (χ1n) is 9.42. The van der Waals surface area contributed by atoms with Crippen LogP contribution in [0.2, 0.25) is 0 Å². The molecule has 5 rings (SSSR count). The van der Waals surface area contributed by atoms with E-state index < -0.39 is 5.91 Å². The van der Waals surface area contributed by atoms with E-state index in [0.717, 1.165) is 11.4 Å². The van der Waals surface area contributed by atoms with Crippen LogP contribution in [0.3, 0.4) is 0 Å². The minimum absolute atomic E-state index is 0.0697. The normalized spacial score (nSPS) is 17.3. The van der Waals surface area contributed by atoms with Gasteiger partial charge < -0.3 is 8.98 Å². The quantitative estimate of drug-likeness (QED) is 0.617. The highest BCUT2D eigenvalue weighted by molar-refractivity contribution is 8.27. The van der Waals surface area contributed by atoms with Gasteiger partial charge in [-0.25, -0.2) is 4.39 Å². The number of aryl methyl sites for hydroxylation is 1. The first-order chi connectivity index (χ1) is 14.9. The minimum Gasteiger partial charge on any atom is -0.462 e. The maximum absolute atomic E-state index is 14.4. The van der Waals surface area contributed by atoms with Gasteiger partial charge in [0.25, 0.3) is 5.91 Å². The van der Waals surface area contributed by atoms with Crippen molar-refractivity contribution in [2.24, 2.45) is 10.1 Å². The largest absolute Gasteiger partial charge is 0.462 e. The molecular formula is C22H16FN5O2S. The van der Waals surface area contributed by atoms with Crippen LogP contribution in [0.15, 0.2) is 68.8 Å². The van der Waals surface area contributed by atoms with E-state index in [2.05, 4.69) is 10.1 Å². The monoisotopic (exact) mass is 433 g/mol. The Labute approximate surface area is 181 Å². The topological polar surface area (TPSA) is 87.0 Å². The number of furan rings is 1. The van der Waals surface area contributed by atoms with Crippen molar-refractivity contribution < 1.29 is 13.6 Å². The Morgan fingerprint density at radius 1 is 1.19 bits per heavy atom. The molecular weight excluding hydrogens is 417 g/mol. The zero-order valence-corrected chi connectivity index (χ0v) is 17.4. The molecule has 7 nitrogen and oxygen atoms in total. The van der Waals surface area contributed by atoms with Crippen LogP contribution in [0, 0.1) is 25.1 Å². The number of amidine groups is 2. The highest BCUT2D eigenvalue weighted by Gasteiger charge is 2.36. The van der Waals surface area contributed by atoms with Gasteiger partial charge in [-0.05, 0) is 67.6 Å². The van der Waals surface area contributed by atoms with E-state index >= 15 is 0 Å². The van der Waals surface area contributed by atoms with Gasteiger partial charge in [-0.1, -0.05) is 12.1 Å². The molecule has 0 saturated carbocycles. The molecule has 2 aliphatic heterocycles. The second-order valence-electron chi connectivity index (χ2n) is 7.02. The number of carbonyl (C=O) groups is 1. The van der Waals surface area contributed by atoms with Crippen molar-refractivity contribution in [3.8, 4) is 5.69 Å². The number of benzene rings is 1. The Bertz CT molecular complexity index is 1330. The lowest BCUT2D eigenvalue weighted by Crippen LogP contribution is -2.35. The van der Waals surface area contributed by atoms with Crippen LogP contribution >= 0.6 is 11.8 Å². The number of fused-ring (bicyclic) bond motifs is 1. The second kappa shape index (κ2) is 7.21. The highest BCUT2D eigenvalue weighted by Crippen LogP contribution is 2.32. The molecule has 9 heteroatoms. The highest BCUT2D eigenvalue weighted by atomic mass is 32.2. The standard InChI is InChI=1S/C22H16FN5O2S/c1-12-10-14(13(2)27(12)17-7-4-3-6-16(17)23)11-15-19(24)28-22(25-20(15)29)31-21(26-28)18-8-5-9-30-18/h3-11,24H,1-2H3/b15-11-,24-19?. The molecule has 0 aliphatic carbocycles. The molecule has 0 bridgehead atoms. The Hall–Kier alpha value is -3.72. The number of thioether (sulfide) groups is 1.